The van der Waals surface area contributed by atoms with E-state index in [0.717, 1.165) is 0 Å². The van der Waals surface area contributed by atoms with Crippen LogP contribution in [0.4, 0.5) is 5.69 Å². The number of rotatable bonds is 3. The summed E-state index contributed by atoms with van der Waals surface area (Å²) in [6.07, 6.45) is 2.63. The number of hydrogen-bond acceptors (Lipinski definition) is 2. The van der Waals surface area contributed by atoms with Gasteiger partial charge >= 0.3 is 0 Å². The lowest BCUT2D eigenvalue weighted by Crippen LogP contribution is -2.18. The Morgan fingerprint density at radius 3 is 2.62 bits per heavy atom. The zero-order valence-electron chi connectivity index (χ0n) is 9.75. The number of nitrogens with zero attached hydrogens (tertiary/aromatic N) is 1. The van der Waals surface area contributed by atoms with Gasteiger partial charge in [-0.15, -0.1) is 0 Å². The van der Waals surface area contributed by atoms with Crippen molar-refractivity contribution < 1.29 is 0 Å². The van der Waals surface area contributed by atoms with E-state index in [1.165, 1.54) is 41.7 Å². The number of anilines is 1. The molecule has 1 atom stereocenters. The lowest BCUT2D eigenvalue weighted by atomic mass is 10.0. The summed E-state index contributed by atoms with van der Waals surface area (Å²) in [6.45, 7) is 5.24. The van der Waals surface area contributed by atoms with Crippen molar-refractivity contribution in [2.45, 2.75) is 25.7 Å². The maximum absolute atomic E-state index is 5.69. The smallest absolute Gasteiger partial charge is 0.0510 e. The Morgan fingerprint density at radius 2 is 2.06 bits per heavy atom. The first-order valence-electron chi connectivity index (χ1n) is 5.97. The number of hydrogen-bond donors (Lipinski definition) is 1. The van der Waals surface area contributed by atoms with Crippen molar-refractivity contribution in [3.05, 3.63) is 28.2 Å². The third kappa shape index (κ3) is 2.41. The zero-order valence-corrected chi connectivity index (χ0v) is 11.3. The molecule has 1 heterocycles. The molecule has 0 saturated carbocycles. The highest BCUT2D eigenvalue weighted by Crippen LogP contribution is 2.31. The molecular weight excluding hydrogens is 264 g/mol. The maximum Gasteiger partial charge on any atom is 0.0510 e. The molecule has 2 rings (SSSR count). The molecule has 1 aliphatic heterocycles. The second-order valence-corrected chi connectivity index (χ2v) is 5.40. The first-order chi connectivity index (χ1) is 7.72. The summed E-state index contributed by atoms with van der Waals surface area (Å²) >= 11 is 3.67. The van der Waals surface area contributed by atoms with Crippen LogP contribution in [0, 0.1) is 0 Å². The minimum Gasteiger partial charge on any atom is -0.371 e. The average molecular weight is 283 g/mol. The van der Waals surface area contributed by atoms with Gasteiger partial charge in [-0.3, -0.25) is 0 Å². The SMILES string of the molecule is CC(CN)c1ccc(N2CCCC2)c(Br)c1. The highest BCUT2D eigenvalue weighted by atomic mass is 79.9. The fourth-order valence-electron chi connectivity index (χ4n) is 2.18. The van der Waals surface area contributed by atoms with Gasteiger partial charge in [-0.1, -0.05) is 13.0 Å². The molecule has 16 heavy (non-hydrogen) atoms. The van der Waals surface area contributed by atoms with Crippen LogP contribution in [-0.2, 0) is 0 Å². The molecule has 1 aromatic rings. The highest BCUT2D eigenvalue weighted by Gasteiger charge is 2.15. The highest BCUT2D eigenvalue weighted by molar-refractivity contribution is 9.10. The summed E-state index contributed by atoms with van der Waals surface area (Å²) < 4.78 is 1.20. The lowest BCUT2D eigenvalue weighted by Gasteiger charge is -2.20. The van der Waals surface area contributed by atoms with E-state index in [1.54, 1.807) is 0 Å². The molecule has 1 fully saturated rings. The first-order valence-corrected chi connectivity index (χ1v) is 6.76. The first kappa shape index (κ1) is 11.9. The monoisotopic (exact) mass is 282 g/mol. The van der Waals surface area contributed by atoms with Crippen LogP contribution < -0.4 is 10.6 Å². The van der Waals surface area contributed by atoms with Gasteiger partial charge in [-0.2, -0.15) is 0 Å². The van der Waals surface area contributed by atoms with Crippen molar-refractivity contribution in [1.29, 1.82) is 0 Å². The molecule has 0 aromatic heterocycles. The molecule has 0 amide bonds. The Bertz CT molecular complexity index is 359. The van der Waals surface area contributed by atoms with Gasteiger partial charge < -0.3 is 10.6 Å². The Balaban J connectivity index is 2.22. The van der Waals surface area contributed by atoms with Crippen LogP contribution in [0.2, 0.25) is 0 Å². The van der Waals surface area contributed by atoms with E-state index < -0.39 is 0 Å². The summed E-state index contributed by atoms with van der Waals surface area (Å²) in [5.41, 5.74) is 8.33. The summed E-state index contributed by atoms with van der Waals surface area (Å²) in [6, 6.07) is 6.64. The summed E-state index contributed by atoms with van der Waals surface area (Å²) in [5, 5.41) is 0. The number of benzene rings is 1. The van der Waals surface area contributed by atoms with Crippen LogP contribution in [0.25, 0.3) is 0 Å². The van der Waals surface area contributed by atoms with Gasteiger partial charge in [0.25, 0.3) is 0 Å². The van der Waals surface area contributed by atoms with Crippen LogP contribution in [0.15, 0.2) is 22.7 Å². The Hall–Kier alpha value is -0.540. The van der Waals surface area contributed by atoms with E-state index >= 15 is 0 Å². The predicted molar refractivity (Wildman–Crippen MR) is 73.1 cm³/mol. The van der Waals surface area contributed by atoms with Gasteiger partial charge in [0.05, 0.1) is 5.69 Å². The molecule has 1 aliphatic rings. The van der Waals surface area contributed by atoms with Crippen LogP contribution in [0.5, 0.6) is 0 Å². The number of nitrogens with two attached hydrogens (primary N) is 1. The summed E-state index contributed by atoms with van der Waals surface area (Å²) in [4.78, 5) is 2.45. The normalized spacial score (nSPS) is 17.8. The third-order valence-corrected chi connectivity index (χ3v) is 3.98. The molecule has 88 valence electrons. The summed E-state index contributed by atoms with van der Waals surface area (Å²) in [5.74, 6) is 0.434. The molecule has 0 radical (unpaired) electrons. The van der Waals surface area contributed by atoms with Gasteiger partial charge in [0.1, 0.15) is 0 Å². The van der Waals surface area contributed by atoms with Crippen LogP contribution in [-0.4, -0.2) is 19.6 Å². The quantitative estimate of drug-likeness (QED) is 0.923. The second-order valence-electron chi connectivity index (χ2n) is 4.54. The van der Waals surface area contributed by atoms with Crippen molar-refractivity contribution in [1.82, 2.24) is 0 Å². The van der Waals surface area contributed by atoms with E-state index in [4.69, 9.17) is 5.73 Å². The van der Waals surface area contributed by atoms with Crippen LogP contribution in [0.1, 0.15) is 31.2 Å². The molecular formula is C13H19BrN2. The minimum atomic E-state index is 0.434. The number of halogens is 1. The molecule has 1 unspecified atom stereocenters. The molecule has 1 saturated heterocycles. The van der Waals surface area contributed by atoms with Crippen molar-refractivity contribution in [2.24, 2.45) is 5.73 Å². The fraction of sp³-hybridized carbons (Fsp3) is 0.538. The van der Waals surface area contributed by atoms with Gasteiger partial charge in [-0.05, 0) is 58.9 Å². The van der Waals surface area contributed by atoms with Gasteiger partial charge in [-0.25, -0.2) is 0 Å². The van der Waals surface area contributed by atoms with Crippen molar-refractivity contribution >= 4 is 21.6 Å². The minimum absolute atomic E-state index is 0.434. The van der Waals surface area contributed by atoms with E-state index in [9.17, 15) is 0 Å². The Kier molecular flexibility index (Phi) is 3.87. The lowest BCUT2D eigenvalue weighted by molar-refractivity contribution is 0.773. The van der Waals surface area contributed by atoms with Gasteiger partial charge in [0.2, 0.25) is 0 Å². The van der Waals surface area contributed by atoms with E-state index in [0.29, 0.717) is 12.5 Å². The topological polar surface area (TPSA) is 29.3 Å². The van der Waals surface area contributed by atoms with Gasteiger partial charge in [0.15, 0.2) is 0 Å². The van der Waals surface area contributed by atoms with Crippen molar-refractivity contribution in [3.63, 3.8) is 0 Å². The molecule has 3 heteroatoms. The maximum atomic E-state index is 5.69. The molecule has 0 bridgehead atoms. The molecule has 1 aromatic carbocycles. The molecule has 0 spiro atoms. The largest absolute Gasteiger partial charge is 0.371 e. The third-order valence-electron chi connectivity index (χ3n) is 3.34. The second kappa shape index (κ2) is 5.19. The van der Waals surface area contributed by atoms with Gasteiger partial charge in [0, 0.05) is 17.6 Å². The van der Waals surface area contributed by atoms with E-state index in [1.807, 2.05) is 0 Å². The Morgan fingerprint density at radius 1 is 1.38 bits per heavy atom. The fourth-order valence-corrected chi connectivity index (χ4v) is 2.83. The van der Waals surface area contributed by atoms with Crippen LogP contribution in [0.3, 0.4) is 0 Å². The predicted octanol–water partition coefficient (Wildman–Crippen LogP) is 3.11. The zero-order chi connectivity index (χ0) is 11.5. The van der Waals surface area contributed by atoms with E-state index in [-0.39, 0.29) is 0 Å². The molecule has 2 N–H and O–H groups in total. The summed E-state index contributed by atoms with van der Waals surface area (Å²) in [7, 11) is 0. The standard InChI is InChI=1S/C13H19BrN2/c1-10(9-15)11-4-5-13(12(14)8-11)16-6-2-3-7-16/h4-5,8,10H,2-3,6-7,9,15H2,1H3. The van der Waals surface area contributed by atoms with Crippen molar-refractivity contribution in [2.75, 3.05) is 24.5 Å². The molecule has 0 aliphatic carbocycles. The van der Waals surface area contributed by atoms with Crippen molar-refractivity contribution in [3.8, 4) is 0 Å². The average Bonchev–Trinajstić information content (AvgIpc) is 2.81. The van der Waals surface area contributed by atoms with Crippen LogP contribution >= 0.6 is 15.9 Å². The molecule has 2 nitrogen and oxygen atoms in total. The Labute approximate surface area is 106 Å². The van der Waals surface area contributed by atoms with E-state index in [2.05, 4.69) is 46.0 Å².